The molecule has 3 amide bonds. The Kier molecular flexibility index (Phi) is 9.06. The third kappa shape index (κ3) is 6.86. The number of benzene rings is 3. The minimum Gasteiger partial charge on any atom is -0.495 e. The largest absolute Gasteiger partial charge is 0.495 e. The number of methoxy groups -OCH3 is 1. The van der Waals surface area contributed by atoms with Crippen LogP contribution in [-0.4, -0.2) is 51.3 Å². The molecule has 3 N–H and O–H groups in total. The number of carbonyl (C=O) groups is 2. The lowest BCUT2D eigenvalue weighted by atomic mass is 9.96. The van der Waals surface area contributed by atoms with Gasteiger partial charge in [0.25, 0.3) is 5.91 Å². The predicted octanol–water partition coefficient (Wildman–Crippen LogP) is 5.41. The number of nitrogens with zero attached hydrogens (tertiary/aromatic N) is 2. The SMILES string of the molecule is COc1ccccc1N1CCN(c2ccc(NC(=O)NC3CCCCC3)cc2C(=O)NCc2ccccc2)CC1. The minimum atomic E-state index is -0.222. The zero-order chi connectivity index (χ0) is 27.7. The van der Waals surface area contributed by atoms with E-state index in [1.54, 1.807) is 13.2 Å². The fraction of sp³-hybridized carbons (Fsp3) is 0.375. The molecule has 2 aliphatic rings. The van der Waals surface area contributed by atoms with E-state index in [-0.39, 0.29) is 18.0 Å². The van der Waals surface area contributed by atoms with E-state index >= 15 is 0 Å². The molecule has 2 fully saturated rings. The van der Waals surface area contributed by atoms with Crippen LogP contribution in [-0.2, 0) is 6.54 Å². The Morgan fingerprint density at radius 3 is 2.23 bits per heavy atom. The van der Waals surface area contributed by atoms with Crippen molar-refractivity contribution in [3.8, 4) is 5.75 Å². The van der Waals surface area contributed by atoms with Crippen LogP contribution >= 0.6 is 0 Å². The van der Waals surface area contributed by atoms with Crippen molar-refractivity contribution in [2.24, 2.45) is 0 Å². The summed E-state index contributed by atoms with van der Waals surface area (Å²) in [4.78, 5) is 30.8. The van der Waals surface area contributed by atoms with E-state index in [2.05, 4.69) is 31.8 Å². The van der Waals surface area contributed by atoms with Gasteiger partial charge in [0, 0.05) is 50.1 Å². The average Bonchev–Trinajstić information content (AvgIpc) is 3.01. The van der Waals surface area contributed by atoms with E-state index in [9.17, 15) is 9.59 Å². The third-order valence-electron chi connectivity index (χ3n) is 7.78. The first-order chi connectivity index (χ1) is 19.6. The quantitative estimate of drug-likeness (QED) is 0.355. The molecule has 1 aliphatic heterocycles. The summed E-state index contributed by atoms with van der Waals surface area (Å²) in [5.74, 6) is 0.696. The van der Waals surface area contributed by atoms with Gasteiger partial charge in [0.1, 0.15) is 5.75 Å². The van der Waals surface area contributed by atoms with Gasteiger partial charge < -0.3 is 30.5 Å². The fourth-order valence-corrected chi connectivity index (χ4v) is 5.62. The van der Waals surface area contributed by atoms with Crippen molar-refractivity contribution in [3.63, 3.8) is 0 Å². The standard InChI is InChI=1S/C32H39N5O3/c1-40-30-15-9-8-14-29(30)37-20-18-36(19-21-37)28-17-16-26(35-32(39)34-25-12-6-3-7-13-25)22-27(28)31(38)33-23-24-10-4-2-5-11-24/h2,4-5,8-11,14-17,22,25H,3,6-7,12-13,18-21,23H2,1H3,(H,33,38)(H2,34,35,39). The summed E-state index contributed by atoms with van der Waals surface area (Å²) in [6.45, 7) is 3.54. The van der Waals surface area contributed by atoms with Gasteiger partial charge in [0.15, 0.2) is 0 Å². The second kappa shape index (κ2) is 13.2. The highest BCUT2D eigenvalue weighted by molar-refractivity contribution is 6.02. The van der Waals surface area contributed by atoms with Gasteiger partial charge in [-0.15, -0.1) is 0 Å². The van der Waals surface area contributed by atoms with Crippen molar-refractivity contribution in [2.45, 2.75) is 44.7 Å². The Morgan fingerprint density at radius 2 is 1.50 bits per heavy atom. The van der Waals surface area contributed by atoms with Crippen molar-refractivity contribution in [1.82, 2.24) is 10.6 Å². The number of para-hydroxylation sites is 2. The maximum absolute atomic E-state index is 13.5. The summed E-state index contributed by atoms with van der Waals surface area (Å²) in [6.07, 6.45) is 5.56. The number of hydrogen-bond acceptors (Lipinski definition) is 5. The van der Waals surface area contributed by atoms with Crippen LogP contribution in [0, 0.1) is 0 Å². The Morgan fingerprint density at radius 1 is 0.825 bits per heavy atom. The summed E-state index contributed by atoms with van der Waals surface area (Å²) in [7, 11) is 1.69. The molecule has 8 nitrogen and oxygen atoms in total. The topological polar surface area (TPSA) is 85.9 Å². The van der Waals surface area contributed by atoms with E-state index in [1.807, 2.05) is 60.7 Å². The first kappa shape index (κ1) is 27.4. The number of hydrogen-bond donors (Lipinski definition) is 3. The molecule has 1 aliphatic carbocycles. The van der Waals surface area contributed by atoms with E-state index in [0.717, 1.165) is 74.6 Å². The lowest BCUT2D eigenvalue weighted by molar-refractivity contribution is 0.0951. The smallest absolute Gasteiger partial charge is 0.319 e. The van der Waals surface area contributed by atoms with Crippen LogP contribution in [0.5, 0.6) is 5.75 Å². The third-order valence-corrected chi connectivity index (χ3v) is 7.78. The molecule has 5 rings (SSSR count). The lowest BCUT2D eigenvalue weighted by Crippen LogP contribution is -2.47. The lowest BCUT2D eigenvalue weighted by Gasteiger charge is -2.38. The van der Waals surface area contributed by atoms with Crippen LogP contribution < -0.4 is 30.5 Å². The van der Waals surface area contributed by atoms with Gasteiger partial charge in [-0.3, -0.25) is 4.79 Å². The molecule has 3 aromatic rings. The van der Waals surface area contributed by atoms with Crippen LogP contribution in [0.25, 0.3) is 0 Å². The molecule has 8 heteroatoms. The molecule has 40 heavy (non-hydrogen) atoms. The molecule has 1 saturated carbocycles. The van der Waals surface area contributed by atoms with Crippen LogP contribution in [0.1, 0.15) is 48.0 Å². The number of piperazine rings is 1. The fourth-order valence-electron chi connectivity index (χ4n) is 5.62. The van der Waals surface area contributed by atoms with Gasteiger partial charge in [0.2, 0.25) is 0 Å². The number of nitrogens with one attached hydrogen (secondary N) is 3. The zero-order valence-electron chi connectivity index (χ0n) is 23.2. The molecule has 0 aromatic heterocycles. The van der Waals surface area contributed by atoms with Crippen molar-refractivity contribution in [1.29, 1.82) is 0 Å². The molecule has 0 bridgehead atoms. The summed E-state index contributed by atoms with van der Waals surface area (Å²) < 4.78 is 5.57. The molecule has 210 valence electrons. The summed E-state index contributed by atoms with van der Waals surface area (Å²) in [5.41, 5.74) is 4.13. The second-order valence-electron chi connectivity index (χ2n) is 10.5. The van der Waals surface area contributed by atoms with Crippen molar-refractivity contribution < 1.29 is 14.3 Å². The van der Waals surface area contributed by atoms with Gasteiger partial charge in [-0.2, -0.15) is 0 Å². The molecule has 0 radical (unpaired) electrons. The van der Waals surface area contributed by atoms with Gasteiger partial charge in [-0.05, 0) is 48.7 Å². The number of rotatable bonds is 8. The minimum absolute atomic E-state index is 0.164. The summed E-state index contributed by atoms with van der Waals surface area (Å²) in [5, 5.41) is 9.12. The van der Waals surface area contributed by atoms with Crippen molar-refractivity contribution in [2.75, 3.05) is 48.4 Å². The molecule has 1 heterocycles. The van der Waals surface area contributed by atoms with Crippen LogP contribution in [0.4, 0.5) is 21.9 Å². The molecule has 1 saturated heterocycles. The summed E-state index contributed by atoms with van der Waals surface area (Å²) >= 11 is 0. The number of amides is 3. The van der Waals surface area contributed by atoms with E-state index in [1.165, 1.54) is 6.42 Å². The molecular weight excluding hydrogens is 502 g/mol. The Labute approximate surface area is 236 Å². The highest BCUT2D eigenvalue weighted by Crippen LogP contribution is 2.31. The first-order valence-corrected chi connectivity index (χ1v) is 14.3. The molecule has 0 atom stereocenters. The number of urea groups is 1. The van der Waals surface area contributed by atoms with Crippen molar-refractivity contribution >= 4 is 29.0 Å². The molecule has 3 aromatic carbocycles. The number of ether oxygens (including phenoxy) is 1. The Balaban J connectivity index is 1.31. The molecule has 0 unspecified atom stereocenters. The van der Waals surface area contributed by atoms with Gasteiger partial charge >= 0.3 is 6.03 Å². The van der Waals surface area contributed by atoms with E-state index in [0.29, 0.717) is 17.8 Å². The van der Waals surface area contributed by atoms with Gasteiger partial charge in [0.05, 0.1) is 18.4 Å². The first-order valence-electron chi connectivity index (χ1n) is 14.3. The Bertz CT molecular complexity index is 1280. The normalized spacial score (nSPS) is 15.8. The average molecular weight is 542 g/mol. The Hall–Kier alpha value is -4.20. The van der Waals surface area contributed by atoms with Crippen LogP contribution in [0.2, 0.25) is 0 Å². The van der Waals surface area contributed by atoms with E-state index < -0.39 is 0 Å². The van der Waals surface area contributed by atoms with Gasteiger partial charge in [-0.1, -0.05) is 61.7 Å². The number of anilines is 3. The van der Waals surface area contributed by atoms with Crippen LogP contribution in [0.15, 0.2) is 72.8 Å². The summed E-state index contributed by atoms with van der Waals surface area (Å²) in [6, 6.07) is 23.5. The van der Waals surface area contributed by atoms with Crippen molar-refractivity contribution in [3.05, 3.63) is 83.9 Å². The molecular formula is C32H39N5O3. The van der Waals surface area contributed by atoms with E-state index in [4.69, 9.17) is 4.74 Å². The maximum Gasteiger partial charge on any atom is 0.319 e. The highest BCUT2D eigenvalue weighted by atomic mass is 16.5. The molecule has 0 spiro atoms. The van der Waals surface area contributed by atoms with Gasteiger partial charge in [-0.25, -0.2) is 4.79 Å². The monoisotopic (exact) mass is 541 g/mol. The number of carbonyl (C=O) groups excluding carboxylic acids is 2. The van der Waals surface area contributed by atoms with Crippen LogP contribution in [0.3, 0.4) is 0 Å². The highest BCUT2D eigenvalue weighted by Gasteiger charge is 2.24. The maximum atomic E-state index is 13.5. The second-order valence-corrected chi connectivity index (χ2v) is 10.5. The zero-order valence-corrected chi connectivity index (χ0v) is 23.2. The predicted molar refractivity (Wildman–Crippen MR) is 161 cm³/mol.